The van der Waals surface area contributed by atoms with E-state index in [2.05, 4.69) is 11.8 Å². The average molecular weight is 291 g/mol. The maximum absolute atomic E-state index is 12.0. The smallest absolute Gasteiger partial charge is 0.222 e. The molecule has 3 nitrogen and oxygen atoms in total. The van der Waals surface area contributed by atoms with Gasteiger partial charge < -0.3 is 10.0 Å². The van der Waals surface area contributed by atoms with Gasteiger partial charge in [0.1, 0.15) is 0 Å². The molecule has 0 atom stereocenters. The number of hydrogen-bond acceptors (Lipinski definition) is 3. The third kappa shape index (κ3) is 4.36. The van der Waals surface area contributed by atoms with Crippen molar-refractivity contribution in [3.63, 3.8) is 0 Å². The molecule has 1 aliphatic carbocycles. The van der Waals surface area contributed by atoms with Crippen LogP contribution in [0.2, 0.25) is 0 Å². The van der Waals surface area contributed by atoms with Gasteiger partial charge in [-0.3, -0.25) is 4.79 Å². The standard InChI is InChI=1S/C16H21NO2S/c1-17(16(19)10-13-6-4-7-13)11-15-9-14(12-20-15)5-2-3-8-18/h9,12-13,18H,3-4,6-8,10-11H2,1H3. The predicted molar refractivity (Wildman–Crippen MR) is 81.3 cm³/mol. The highest BCUT2D eigenvalue weighted by atomic mass is 32.1. The SMILES string of the molecule is CN(Cc1cc(C#CCCO)cs1)C(=O)CC1CCC1. The minimum absolute atomic E-state index is 0.0996. The summed E-state index contributed by atoms with van der Waals surface area (Å²) in [6.45, 7) is 0.764. The van der Waals surface area contributed by atoms with Crippen LogP contribution in [0, 0.1) is 17.8 Å². The molecule has 0 bridgehead atoms. The van der Waals surface area contributed by atoms with Crippen molar-refractivity contribution in [1.82, 2.24) is 4.90 Å². The summed E-state index contributed by atoms with van der Waals surface area (Å²) in [7, 11) is 1.87. The van der Waals surface area contributed by atoms with Gasteiger partial charge in [-0.05, 0) is 24.8 Å². The van der Waals surface area contributed by atoms with E-state index in [1.54, 1.807) is 11.3 Å². The van der Waals surface area contributed by atoms with Gasteiger partial charge in [0, 0.05) is 35.7 Å². The van der Waals surface area contributed by atoms with E-state index in [1.807, 2.05) is 23.4 Å². The van der Waals surface area contributed by atoms with Crippen LogP contribution in [0.3, 0.4) is 0 Å². The Hall–Kier alpha value is -1.31. The number of carbonyl (C=O) groups excluding carboxylic acids is 1. The highest BCUT2D eigenvalue weighted by Crippen LogP contribution is 2.30. The molecule has 1 amide bonds. The zero-order valence-corrected chi connectivity index (χ0v) is 12.7. The first-order valence-corrected chi connectivity index (χ1v) is 7.98. The first-order chi connectivity index (χ1) is 9.69. The number of aliphatic hydroxyl groups excluding tert-OH is 1. The summed E-state index contributed by atoms with van der Waals surface area (Å²) in [6, 6.07) is 2.03. The van der Waals surface area contributed by atoms with Crippen LogP contribution in [-0.4, -0.2) is 29.6 Å². The number of hydrogen-bond donors (Lipinski definition) is 1. The first-order valence-electron chi connectivity index (χ1n) is 7.10. The molecule has 1 fully saturated rings. The quantitative estimate of drug-likeness (QED) is 0.847. The van der Waals surface area contributed by atoms with E-state index >= 15 is 0 Å². The van der Waals surface area contributed by atoms with Gasteiger partial charge in [-0.1, -0.05) is 18.3 Å². The van der Waals surface area contributed by atoms with Crippen LogP contribution in [0.4, 0.5) is 0 Å². The molecule has 0 aliphatic heterocycles. The van der Waals surface area contributed by atoms with E-state index in [-0.39, 0.29) is 12.5 Å². The third-order valence-corrected chi connectivity index (χ3v) is 4.55. The van der Waals surface area contributed by atoms with Crippen LogP contribution in [0.25, 0.3) is 0 Å². The molecule has 1 aliphatic rings. The van der Waals surface area contributed by atoms with Crippen molar-refractivity contribution in [3.05, 3.63) is 21.9 Å². The molecular formula is C16H21NO2S. The van der Waals surface area contributed by atoms with Gasteiger partial charge in [0.05, 0.1) is 13.2 Å². The number of amides is 1. The largest absolute Gasteiger partial charge is 0.395 e. The summed E-state index contributed by atoms with van der Waals surface area (Å²) in [6.07, 6.45) is 4.91. The van der Waals surface area contributed by atoms with E-state index in [4.69, 9.17) is 5.11 Å². The summed E-state index contributed by atoms with van der Waals surface area (Å²) in [5, 5.41) is 10.7. The molecular weight excluding hydrogens is 270 g/mol. The molecule has 0 spiro atoms. The van der Waals surface area contributed by atoms with Crippen molar-refractivity contribution in [1.29, 1.82) is 0 Å². The summed E-state index contributed by atoms with van der Waals surface area (Å²) < 4.78 is 0. The maximum atomic E-state index is 12.0. The molecule has 1 N–H and O–H groups in total. The van der Waals surface area contributed by atoms with E-state index in [1.165, 1.54) is 19.3 Å². The second-order valence-electron chi connectivity index (χ2n) is 5.33. The van der Waals surface area contributed by atoms with E-state index in [0.717, 1.165) is 10.4 Å². The van der Waals surface area contributed by atoms with Crippen molar-refractivity contribution in [3.8, 4) is 11.8 Å². The van der Waals surface area contributed by atoms with Crippen molar-refractivity contribution in [2.24, 2.45) is 5.92 Å². The van der Waals surface area contributed by atoms with Crippen LogP contribution >= 0.6 is 11.3 Å². The molecule has 4 heteroatoms. The lowest BCUT2D eigenvalue weighted by atomic mass is 9.83. The minimum atomic E-state index is 0.0996. The molecule has 0 aromatic carbocycles. The average Bonchev–Trinajstić information content (AvgIpc) is 2.81. The Morgan fingerprint density at radius 2 is 2.35 bits per heavy atom. The lowest BCUT2D eigenvalue weighted by molar-refractivity contribution is -0.132. The number of nitrogens with zero attached hydrogens (tertiary/aromatic N) is 1. The van der Waals surface area contributed by atoms with Gasteiger partial charge in [-0.15, -0.1) is 11.3 Å². The van der Waals surface area contributed by atoms with E-state index < -0.39 is 0 Å². The second-order valence-corrected chi connectivity index (χ2v) is 6.32. The van der Waals surface area contributed by atoms with Gasteiger partial charge in [-0.25, -0.2) is 0 Å². The molecule has 0 saturated heterocycles. The molecule has 108 valence electrons. The molecule has 1 heterocycles. The predicted octanol–water partition coefficient (Wildman–Crippen LogP) is 2.63. The molecule has 0 radical (unpaired) electrons. The zero-order valence-electron chi connectivity index (χ0n) is 11.9. The number of carbonyl (C=O) groups is 1. The Morgan fingerprint density at radius 1 is 1.55 bits per heavy atom. The van der Waals surface area contributed by atoms with E-state index in [9.17, 15) is 4.79 Å². The topological polar surface area (TPSA) is 40.5 Å². The van der Waals surface area contributed by atoms with E-state index in [0.29, 0.717) is 25.3 Å². The number of rotatable bonds is 5. The van der Waals surface area contributed by atoms with Crippen molar-refractivity contribution >= 4 is 17.2 Å². The van der Waals surface area contributed by atoms with Crippen molar-refractivity contribution < 1.29 is 9.90 Å². The molecule has 20 heavy (non-hydrogen) atoms. The summed E-state index contributed by atoms with van der Waals surface area (Å²) in [4.78, 5) is 15.0. The second kappa shape index (κ2) is 7.47. The summed E-state index contributed by atoms with van der Waals surface area (Å²) in [5.74, 6) is 6.79. The normalized spacial score (nSPS) is 14.3. The monoisotopic (exact) mass is 291 g/mol. The maximum Gasteiger partial charge on any atom is 0.222 e. The van der Waals surface area contributed by atoms with Gasteiger partial charge in [0.25, 0.3) is 0 Å². The zero-order chi connectivity index (χ0) is 14.4. The van der Waals surface area contributed by atoms with Gasteiger partial charge in [0.15, 0.2) is 0 Å². The van der Waals surface area contributed by atoms with Crippen LogP contribution in [0.1, 0.15) is 42.5 Å². The molecule has 0 unspecified atom stereocenters. The van der Waals surface area contributed by atoms with Gasteiger partial charge in [-0.2, -0.15) is 0 Å². The fourth-order valence-electron chi connectivity index (χ4n) is 2.17. The fraction of sp³-hybridized carbons (Fsp3) is 0.562. The van der Waals surface area contributed by atoms with Crippen molar-refractivity contribution in [2.45, 2.75) is 38.6 Å². The van der Waals surface area contributed by atoms with Gasteiger partial charge >= 0.3 is 0 Å². The summed E-state index contributed by atoms with van der Waals surface area (Å²) in [5.41, 5.74) is 0.971. The number of thiophene rings is 1. The number of aliphatic hydroxyl groups is 1. The van der Waals surface area contributed by atoms with Crippen LogP contribution < -0.4 is 0 Å². The first kappa shape index (κ1) is 15.1. The van der Waals surface area contributed by atoms with Crippen molar-refractivity contribution in [2.75, 3.05) is 13.7 Å². The van der Waals surface area contributed by atoms with Crippen LogP contribution in [-0.2, 0) is 11.3 Å². The Labute approximate surface area is 124 Å². The van der Waals surface area contributed by atoms with Gasteiger partial charge in [0.2, 0.25) is 5.91 Å². The molecule has 1 aromatic rings. The lowest BCUT2D eigenvalue weighted by Crippen LogP contribution is -2.29. The fourth-order valence-corrected chi connectivity index (χ4v) is 3.04. The molecule has 1 aromatic heterocycles. The summed E-state index contributed by atoms with van der Waals surface area (Å²) >= 11 is 1.63. The molecule has 2 rings (SSSR count). The Balaban J connectivity index is 1.83. The Bertz CT molecular complexity index is 508. The third-order valence-electron chi connectivity index (χ3n) is 3.63. The highest BCUT2D eigenvalue weighted by Gasteiger charge is 2.22. The molecule has 1 saturated carbocycles. The highest BCUT2D eigenvalue weighted by molar-refractivity contribution is 7.10. The Kier molecular flexibility index (Phi) is 5.63. The lowest BCUT2D eigenvalue weighted by Gasteiger charge is -2.27. The van der Waals surface area contributed by atoms with Crippen LogP contribution in [0.15, 0.2) is 11.4 Å². The Morgan fingerprint density at radius 3 is 3.00 bits per heavy atom. The van der Waals surface area contributed by atoms with Crippen LogP contribution in [0.5, 0.6) is 0 Å². The minimum Gasteiger partial charge on any atom is -0.395 e.